The molecule has 4 nitrogen and oxygen atoms in total. The predicted octanol–water partition coefficient (Wildman–Crippen LogP) is 3.09. The fourth-order valence-electron chi connectivity index (χ4n) is 1.86. The molecular weight excluding hydrogens is 242 g/mol. The van der Waals surface area contributed by atoms with Gasteiger partial charge in [-0.25, -0.2) is 0 Å². The normalized spacial score (nSPS) is 11.9. The molecule has 1 atom stereocenters. The summed E-state index contributed by atoms with van der Waals surface area (Å²) in [4.78, 5) is 12.2. The predicted molar refractivity (Wildman–Crippen MR) is 72.3 cm³/mol. The molecule has 0 bridgehead atoms. The smallest absolute Gasteiger partial charge is 0.255 e. The quantitative estimate of drug-likeness (QED) is 0.918. The molecule has 0 radical (unpaired) electrons. The summed E-state index contributed by atoms with van der Waals surface area (Å²) < 4.78 is 10.7. The average Bonchev–Trinajstić information content (AvgIpc) is 2.85. The van der Waals surface area contributed by atoms with Crippen LogP contribution < -0.4 is 10.1 Å². The molecule has 0 saturated heterocycles. The average molecular weight is 259 g/mol. The van der Waals surface area contributed by atoms with Gasteiger partial charge in [0.2, 0.25) is 0 Å². The second kappa shape index (κ2) is 5.61. The minimum Gasteiger partial charge on any atom is -0.496 e. The molecule has 0 aliphatic heterocycles. The van der Waals surface area contributed by atoms with E-state index in [0.717, 1.165) is 11.5 Å². The number of amides is 1. The molecule has 1 aromatic heterocycles. The lowest BCUT2D eigenvalue weighted by Gasteiger charge is -2.13. The first-order valence-corrected chi connectivity index (χ1v) is 6.12. The van der Waals surface area contributed by atoms with Crippen LogP contribution >= 0.6 is 0 Å². The van der Waals surface area contributed by atoms with Crippen molar-refractivity contribution in [3.63, 3.8) is 0 Å². The summed E-state index contributed by atoms with van der Waals surface area (Å²) in [6.45, 7) is 3.75. The molecule has 0 aliphatic carbocycles. The molecule has 2 aromatic rings. The van der Waals surface area contributed by atoms with E-state index in [1.165, 1.54) is 0 Å². The second-order valence-electron chi connectivity index (χ2n) is 4.34. The number of hydrogen-bond donors (Lipinski definition) is 1. The molecule has 2 rings (SSSR count). The summed E-state index contributed by atoms with van der Waals surface area (Å²) >= 11 is 0. The standard InChI is InChI=1S/C15H17NO3/c1-10-8-9-13(19-10)11(2)16-15(17)12-6-4-5-7-14(12)18-3/h4-9,11H,1-3H3,(H,16,17). The number of carbonyl (C=O) groups excluding carboxylic acids is 1. The van der Waals surface area contributed by atoms with Crippen molar-refractivity contribution in [1.82, 2.24) is 5.32 Å². The van der Waals surface area contributed by atoms with Crippen LogP contribution in [0.3, 0.4) is 0 Å². The summed E-state index contributed by atoms with van der Waals surface area (Å²) in [7, 11) is 1.55. The fraction of sp³-hybridized carbons (Fsp3) is 0.267. The minimum atomic E-state index is -0.189. The molecule has 1 aromatic carbocycles. The zero-order valence-electron chi connectivity index (χ0n) is 11.3. The first-order chi connectivity index (χ1) is 9.11. The Hall–Kier alpha value is -2.23. The molecule has 0 fully saturated rings. The highest BCUT2D eigenvalue weighted by molar-refractivity contribution is 5.97. The third kappa shape index (κ3) is 2.96. The fourth-order valence-corrected chi connectivity index (χ4v) is 1.86. The largest absolute Gasteiger partial charge is 0.496 e. The van der Waals surface area contributed by atoms with E-state index in [-0.39, 0.29) is 11.9 Å². The van der Waals surface area contributed by atoms with Crippen LogP contribution in [0.5, 0.6) is 5.75 Å². The zero-order valence-corrected chi connectivity index (χ0v) is 11.3. The second-order valence-corrected chi connectivity index (χ2v) is 4.34. The zero-order chi connectivity index (χ0) is 13.8. The number of rotatable bonds is 4. The Bertz CT molecular complexity index is 574. The molecule has 19 heavy (non-hydrogen) atoms. The Labute approximate surface area is 112 Å². The van der Waals surface area contributed by atoms with Crippen LogP contribution in [-0.2, 0) is 0 Å². The van der Waals surface area contributed by atoms with Gasteiger partial charge >= 0.3 is 0 Å². The van der Waals surface area contributed by atoms with Gasteiger partial charge in [-0.1, -0.05) is 12.1 Å². The van der Waals surface area contributed by atoms with E-state index in [2.05, 4.69) is 5.32 Å². The van der Waals surface area contributed by atoms with Crippen molar-refractivity contribution >= 4 is 5.91 Å². The molecule has 4 heteroatoms. The SMILES string of the molecule is COc1ccccc1C(=O)NC(C)c1ccc(C)o1. The highest BCUT2D eigenvalue weighted by atomic mass is 16.5. The molecule has 0 saturated carbocycles. The van der Waals surface area contributed by atoms with Crippen molar-refractivity contribution in [2.75, 3.05) is 7.11 Å². The van der Waals surface area contributed by atoms with E-state index in [1.807, 2.05) is 32.0 Å². The molecular formula is C15H17NO3. The van der Waals surface area contributed by atoms with Crippen molar-refractivity contribution < 1.29 is 13.9 Å². The van der Waals surface area contributed by atoms with Crippen molar-refractivity contribution in [2.24, 2.45) is 0 Å². The third-order valence-electron chi connectivity index (χ3n) is 2.89. The summed E-state index contributed by atoms with van der Waals surface area (Å²) in [6.07, 6.45) is 0. The van der Waals surface area contributed by atoms with Crippen LogP contribution in [-0.4, -0.2) is 13.0 Å². The van der Waals surface area contributed by atoms with Crippen molar-refractivity contribution in [3.8, 4) is 5.75 Å². The Morgan fingerprint density at radius 3 is 2.63 bits per heavy atom. The summed E-state index contributed by atoms with van der Waals surface area (Å²) in [5, 5.41) is 2.89. The number of nitrogens with one attached hydrogen (secondary N) is 1. The van der Waals surface area contributed by atoms with Crippen molar-refractivity contribution in [1.29, 1.82) is 0 Å². The number of benzene rings is 1. The number of para-hydroxylation sites is 1. The van der Waals surface area contributed by atoms with Crippen LogP contribution in [0.15, 0.2) is 40.8 Å². The van der Waals surface area contributed by atoms with E-state index in [9.17, 15) is 4.79 Å². The lowest BCUT2D eigenvalue weighted by Crippen LogP contribution is -2.26. The van der Waals surface area contributed by atoms with Gasteiger partial charge in [-0.15, -0.1) is 0 Å². The van der Waals surface area contributed by atoms with Crippen molar-refractivity contribution in [2.45, 2.75) is 19.9 Å². The number of furan rings is 1. The van der Waals surface area contributed by atoms with E-state index in [4.69, 9.17) is 9.15 Å². The maximum atomic E-state index is 12.2. The summed E-state index contributed by atoms with van der Waals surface area (Å²) in [6, 6.07) is 10.7. The molecule has 100 valence electrons. The molecule has 1 heterocycles. The molecule has 0 aliphatic rings. The van der Waals surface area contributed by atoms with E-state index in [1.54, 1.807) is 25.3 Å². The Morgan fingerprint density at radius 2 is 2.00 bits per heavy atom. The lowest BCUT2D eigenvalue weighted by molar-refractivity contribution is 0.0932. The van der Waals surface area contributed by atoms with E-state index < -0.39 is 0 Å². The first kappa shape index (κ1) is 13.2. The van der Waals surface area contributed by atoms with Crippen molar-refractivity contribution in [3.05, 3.63) is 53.5 Å². The summed E-state index contributed by atoms with van der Waals surface area (Å²) in [5.74, 6) is 1.94. The first-order valence-electron chi connectivity index (χ1n) is 6.12. The maximum absolute atomic E-state index is 12.2. The number of carbonyl (C=O) groups is 1. The lowest BCUT2D eigenvalue weighted by atomic mass is 10.1. The molecule has 1 unspecified atom stereocenters. The number of hydrogen-bond acceptors (Lipinski definition) is 3. The molecule has 1 amide bonds. The monoisotopic (exact) mass is 259 g/mol. The van der Waals surface area contributed by atoms with Crippen LogP contribution in [0.25, 0.3) is 0 Å². The minimum absolute atomic E-state index is 0.181. The van der Waals surface area contributed by atoms with Gasteiger partial charge in [-0.2, -0.15) is 0 Å². The van der Waals surface area contributed by atoms with Gasteiger partial charge < -0.3 is 14.5 Å². The van der Waals surface area contributed by atoms with Crippen LogP contribution in [0.2, 0.25) is 0 Å². The Morgan fingerprint density at radius 1 is 1.26 bits per heavy atom. The van der Waals surface area contributed by atoms with Gasteiger partial charge in [0.05, 0.1) is 18.7 Å². The van der Waals surface area contributed by atoms with Gasteiger partial charge in [-0.05, 0) is 38.1 Å². The van der Waals surface area contributed by atoms with Crippen LogP contribution in [0.1, 0.15) is 34.8 Å². The molecule has 0 spiro atoms. The molecule has 1 N–H and O–H groups in total. The van der Waals surface area contributed by atoms with Gasteiger partial charge in [0, 0.05) is 0 Å². The van der Waals surface area contributed by atoms with E-state index >= 15 is 0 Å². The Balaban J connectivity index is 2.12. The Kier molecular flexibility index (Phi) is 3.90. The van der Waals surface area contributed by atoms with Gasteiger partial charge in [0.25, 0.3) is 5.91 Å². The van der Waals surface area contributed by atoms with Gasteiger partial charge in [0.1, 0.15) is 17.3 Å². The number of aryl methyl sites for hydroxylation is 1. The van der Waals surface area contributed by atoms with Gasteiger partial charge in [0.15, 0.2) is 0 Å². The number of ether oxygens (including phenoxy) is 1. The third-order valence-corrected chi connectivity index (χ3v) is 2.89. The maximum Gasteiger partial charge on any atom is 0.255 e. The van der Waals surface area contributed by atoms with Crippen LogP contribution in [0.4, 0.5) is 0 Å². The van der Waals surface area contributed by atoms with E-state index in [0.29, 0.717) is 11.3 Å². The highest BCUT2D eigenvalue weighted by Gasteiger charge is 2.16. The number of methoxy groups -OCH3 is 1. The summed E-state index contributed by atoms with van der Waals surface area (Å²) in [5.41, 5.74) is 0.514. The van der Waals surface area contributed by atoms with Gasteiger partial charge in [-0.3, -0.25) is 4.79 Å². The topological polar surface area (TPSA) is 51.5 Å². The van der Waals surface area contributed by atoms with Crippen LogP contribution in [0, 0.1) is 6.92 Å². The highest BCUT2D eigenvalue weighted by Crippen LogP contribution is 2.20.